The number of carbonyl (C=O) groups is 2. The number of ketones is 2. The SMILES string of the molecule is C[Si](C)(C)N(c1ccc2c(c1)C(=O)c1ccc(N([Si](C)(C)C)[Si](C)(C)C)cc1C2=O)[Si](C)(C)C. The van der Waals surface area contributed by atoms with Crippen LogP contribution in [0, 0.1) is 0 Å². The van der Waals surface area contributed by atoms with Gasteiger partial charge < -0.3 is 8.46 Å². The van der Waals surface area contributed by atoms with Crippen molar-refractivity contribution in [3.63, 3.8) is 0 Å². The van der Waals surface area contributed by atoms with E-state index in [1.54, 1.807) is 0 Å². The predicted octanol–water partition coefficient (Wildman–Crippen LogP) is 7.41. The summed E-state index contributed by atoms with van der Waals surface area (Å²) in [4.78, 5) is 27.3. The number of hydrogen-bond donors (Lipinski definition) is 0. The first-order chi connectivity index (χ1) is 15.2. The van der Waals surface area contributed by atoms with Gasteiger partial charge in [-0.1, -0.05) is 78.6 Å². The Labute approximate surface area is 210 Å². The summed E-state index contributed by atoms with van der Waals surface area (Å²) in [5.74, 6) is -0.0617. The Balaban J connectivity index is 2.15. The largest absolute Gasteiger partial charge is 0.425 e. The summed E-state index contributed by atoms with van der Waals surface area (Å²) in [6, 6.07) is 11.9. The van der Waals surface area contributed by atoms with Crippen LogP contribution in [0.2, 0.25) is 78.6 Å². The van der Waals surface area contributed by atoms with E-state index in [4.69, 9.17) is 0 Å². The second-order valence-corrected chi connectivity index (χ2v) is 33.5. The molecule has 34 heavy (non-hydrogen) atoms. The molecule has 0 bridgehead atoms. The standard InChI is InChI=1S/C26H42N2O2Si4/c1-31(2,3)27(32(4,5)6)19-13-15-21-23(17-19)25(29)22-16-14-20(18-24(22)26(21)30)28(33(7,8)9)34(10,11)12/h13-18H,1-12H3. The molecule has 0 N–H and O–H groups in total. The molecule has 0 aliphatic heterocycles. The summed E-state index contributed by atoms with van der Waals surface area (Å²) in [7, 11) is -6.70. The molecule has 4 nitrogen and oxygen atoms in total. The molecule has 8 heteroatoms. The first kappa shape index (κ1) is 26.8. The van der Waals surface area contributed by atoms with E-state index in [9.17, 15) is 9.59 Å². The van der Waals surface area contributed by atoms with Crippen LogP contribution in [-0.2, 0) is 0 Å². The lowest BCUT2D eigenvalue weighted by Crippen LogP contribution is -2.59. The van der Waals surface area contributed by atoms with Crippen LogP contribution in [0.15, 0.2) is 36.4 Å². The average molecular weight is 527 g/mol. The van der Waals surface area contributed by atoms with Gasteiger partial charge in [0.05, 0.1) is 0 Å². The third kappa shape index (κ3) is 4.96. The number of anilines is 2. The van der Waals surface area contributed by atoms with Gasteiger partial charge in [0.2, 0.25) is 0 Å². The lowest BCUT2D eigenvalue weighted by molar-refractivity contribution is 0.0979. The third-order valence-electron chi connectivity index (χ3n) is 6.18. The first-order valence-corrected chi connectivity index (χ1v) is 26.0. The summed E-state index contributed by atoms with van der Waals surface area (Å²) in [6.07, 6.45) is 0. The minimum absolute atomic E-state index is 0.0309. The molecule has 0 heterocycles. The zero-order valence-electron chi connectivity index (χ0n) is 23.2. The van der Waals surface area contributed by atoms with Crippen LogP contribution in [0.4, 0.5) is 11.4 Å². The fraction of sp³-hybridized carbons (Fsp3) is 0.462. The van der Waals surface area contributed by atoms with Crippen molar-refractivity contribution in [1.29, 1.82) is 0 Å². The Bertz CT molecular complexity index is 1030. The maximum absolute atomic E-state index is 13.7. The van der Waals surface area contributed by atoms with Gasteiger partial charge in [0, 0.05) is 33.6 Å². The van der Waals surface area contributed by atoms with Crippen molar-refractivity contribution in [2.75, 3.05) is 8.46 Å². The number of fused-ring (bicyclic) bond motifs is 2. The molecule has 1 aliphatic rings. The number of nitrogens with zero attached hydrogens (tertiary/aromatic N) is 2. The van der Waals surface area contributed by atoms with Crippen LogP contribution in [0.5, 0.6) is 0 Å². The highest BCUT2D eigenvalue weighted by Gasteiger charge is 2.38. The van der Waals surface area contributed by atoms with E-state index < -0.39 is 32.9 Å². The second kappa shape index (κ2) is 8.43. The highest BCUT2D eigenvalue weighted by molar-refractivity contribution is 7.00. The van der Waals surface area contributed by atoms with E-state index in [1.165, 1.54) is 0 Å². The molecular formula is C26H42N2O2Si4. The molecule has 0 saturated heterocycles. The Hall–Kier alpha value is -1.75. The van der Waals surface area contributed by atoms with Crippen LogP contribution < -0.4 is 8.46 Å². The molecule has 2 aromatic carbocycles. The molecule has 0 aromatic heterocycles. The number of benzene rings is 2. The van der Waals surface area contributed by atoms with Crippen molar-refractivity contribution in [1.82, 2.24) is 0 Å². The van der Waals surface area contributed by atoms with Crippen LogP contribution in [0.1, 0.15) is 31.8 Å². The highest BCUT2D eigenvalue weighted by atomic mass is 28.4. The van der Waals surface area contributed by atoms with Crippen LogP contribution in [0.25, 0.3) is 0 Å². The normalized spacial score (nSPS) is 14.6. The van der Waals surface area contributed by atoms with Crippen molar-refractivity contribution < 1.29 is 9.59 Å². The van der Waals surface area contributed by atoms with Gasteiger partial charge in [0.1, 0.15) is 32.9 Å². The van der Waals surface area contributed by atoms with Crippen LogP contribution >= 0.6 is 0 Å². The molecule has 0 unspecified atom stereocenters. The zero-order chi connectivity index (χ0) is 26.0. The molecule has 1 aliphatic carbocycles. The summed E-state index contributed by atoms with van der Waals surface area (Å²) < 4.78 is 5.19. The van der Waals surface area contributed by atoms with Gasteiger partial charge in [-0.3, -0.25) is 9.59 Å². The molecule has 0 spiro atoms. The summed E-state index contributed by atoms with van der Waals surface area (Å²) in [6.45, 7) is 28.1. The molecule has 2 aromatic rings. The maximum atomic E-state index is 13.7. The second-order valence-electron chi connectivity index (χ2n) is 13.5. The summed E-state index contributed by atoms with van der Waals surface area (Å²) in [5.41, 5.74) is 4.35. The van der Waals surface area contributed by atoms with Crippen molar-refractivity contribution >= 4 is 55.9 Å². The van der Waals surface area contributed by atoms with Gasteiger partial charge in [0.15, 0.2) is 11.6 Å². The number of carbonyl (C=O) groups excluding carboxylic acids is 2. The molecule has 184 valence electrons. The zero-order valence-corrected chi connectivity index (χ0v) is 27.2. The summed E-state index contributed by atoms with van der Waals surface area (Å²) in [5, 5.41) is 0. The Kier molecular flexibility index (Phi) is 6.65. The highest BCUT2D eigenvalue weighted by Crippen LogP contribution is 2.37. The van der Waals surface area contributed by atoms with E-state index in [2.05, 4.69) is 99.2 Å². The van der Waals surface area contributed by atoms with Gasteiger partial charge in [0.25, 0.3) is 0 Å². The lowest BCUT2D eigenvalue weighted by Gasteiger charge is -2.46. The van der Waals surface area contributed by atoms with E-state index in [1.807, 2.05) is 24.3 Å². The quantitative estimate of drug-likeness (QED) is 0.313. The fourth-order valence-electron chi connectivity index (χ4n) is 5.97. The Morgan fingerprint density at radius 1 is 0.441 bits per heavy atom. The van der Waals surface area contributed by atoms with E-state index in [0.29, 0.717) is 22.3 Å². The first-order valence-electron chi connectivity index (χ1n) is 12.2. The Morgan fingerprint density at radius 3 is 0.941 bits per heavy atom. The van der Waals surface area contributed by atoms with Crippen molar-refractivity contribution in [3.8, 4) is 0 Å². The van der Waals surface area contributed by atoms with E-state index in [0.717, 1.165) is 11.4 Å². The van der Waals surface area contributed by atoms with E-state index in [-0.39, 0.29) is 11.6 Å². The lowest BCUT2D eigenvalue weighted by atomic mass is 9.83. The summed E-state index contributed by atoms with van der Waals surface area (Å²) >= 11 is 0. The number of rotatable bonds is 6. The molecule has 0 amide bonds. The molecule has 0 fully saturated rings. The van der Waals surface area contributed by atoms with Crippen molar-refractivity contribution in [2.24, 2.45) is 0 Å². The van der Waals surface area contributed by atoms with Crippen LogP contribution in [0.3, 0.4) is 0 Å². The third-order valence-corrected chi connectivity index (χ3v) is 20.6. The van der Waals surface area contributed by atoms with Crippen molar-refractivity contribution in [3.05, 3.63) is 58.7 Å². The minimum atomic E-state index is -1.67. The maximum Gasteiger partial charge on any atom is 0.194 e. The van der Waals surface area contributed by atoms with Gasteiger partial charge in [-0.15, -0.1) is 0 Å². The van der Waals surface area contributed by atoms with Crippen molar-refractivity contribution in [2.45, 2.75) is 78.6 Å². The fourth-order valence-corrected chi connectivity index (χ4v) is 25.7. The van der Waals surface area contributed by atoms with Gasteiger partial charge in [-0.2, -0.15) is 0 Å². The molecule has 0 saturated carbocycles. The molecule has 0 atom stereocenters. The number of hydrogen-bond acceptors (Lipinski definition) is 4. The minimum Gasteiger partial charge on any atom is -0.425 e. The molecule has 0 radical (unpaired) electrons. The van der Waals surface area contributed by atoms with Crippen LogP contribution in [-0.4, -0.2) is 44.5 Å². The monoisotopic (exact) mass is 526 g/mol. The Morgan fingerprint density at radius 2 is 0.706 bits per heavy atom. The van der Waals surface area contributed by atoms with Gasteiger partial charge in [-0.05, 0) is 36.4 Å². The molecule has 3 rings (SSSR count). The topological polar surface area (TPSA) is 40.6 Å². The van der Waals surface area contributed by atoms with E-state index >= 15 is 0 Å². The average Bonchev–Trinajstić information content (AvgIpc) is 2.61. The molecular weight excluding hydrogens is 485 g/mol. The van der Waals surface area contributed by atoms with Gasteiger partial charge in [-0.25, -0.2) is 0 Å². The predicted molar refractivity (Wildman–Crippen MR) is 158 cm³/mol. The smallest absolute Gasteiger partial charge is 0.194 e. The van der Waals surface area contributed by atoms with Gasteiger partial charge >= 0.3 is 0 Å².